The molecule has 0 radical (unpaired) electrons. The van der Waals surface area contributed by atoms with Crippen LogP contribution in [0.2, 0.25) is 10.0 Å². The number of halogens is 7. The summed E-state index contributed by atoms with van der Waals surface area (Å²) in [4.78, 5) is 14.9. The Morgan fingerprint density at radius 1 is 1.00 bits per heavy atom. The van der Waals surface area contributed by atoms with E-state index in [0.29, 0.717) is 65.2 Å². The second-order valence-electron chi connectivity index (χ2n) is 8.99. The number of aryl methyl sites for hydroxylation is 1. The van der Waals surface area contributed by atoms with Gasteiger partial charge in [0.2, 0.25) is 5.91 Å². The molecule has 5 nitrogen and oxygen atoms in total. The first-order chi connectivity index (χ1) is 18.2. The van der Waals surface area contributed by atoms with Crippen molar-refractivity contribution in [3.05, 3.63) is 87.4 Å². The summed E-state index contributed by atoms with van der Waals surface area (Å²) < 4.78 is 50.7. The Balaban J connectivity index is 0.00000280. The van der Waals surface area contributed by atoms with Crippen LogP contribution in [-0.2, 0) is 23.8 Å². The Morgan fingerprint density at radius 2 is 1.70 bits per heavy atom. The molecular formula is C28H28Cl4F3N2O3-. The number of carbonyl (C=O) groups excluding carboxylic acids is 1. The molecule has 3 aromatic carbocycles. The molecule has 12 heteroatoms. The van der Waals surface area contributed by atoms with Crippen LogP contribution in [-0.4, -0.2) is 32.2 Å². The van der Waals surface area contributed by atoms with Crippen molar-refractivity contribution in [2.75, 3.05) is 31.2 Å². The highest BCUT2D eigenvalue weighted by atomic mass is 35.5. The number of alkyl halides is 3. The minimum absolute atomic E-state index is 0. The van der Waals surface area contributed by atoms with Crippen molar-refractivity contribution in [2.45, 2.75) is 25.4 Å². The summed E-state index contributed by atoms with van der Waals surface area (Å²) >= 11 is 12.0. The van der Waals surface area contributed by atoms with E-state index in [2.05, 4.69) is 0 Å². The zero-order valence-corrected chi connectivity index (χ0v) is 24.3. The molecule has 0 saturated carbocycles. The van der Waals surface area contributed by atoms with Gasteiger partial charge in [0.05, 0.1) is 16.5 Å². The maximum Gasteiger partial charge on any atom is 0.416 e. The van der Waals surface area contributed by atoms with Crippen LogP contribution in [0.1, 0.15) is 23.1 Å². The van der Waals surface area contributed by atoms with Gasteiger partial charge in [-0.3, -0.25) is 4.79 Å². The molecule has 0 aliphatic carbocycles. The van der Waals surface area contributed by atoms with E-state index in [-0.39, 0.29) is 43.9 Å². The molecule has 1 heterocycles. The van der Waals surface area contributed by atoms with Crippen molar-refractivity contribution in [3.8, 4) is 11.5 Å². The second kappa shape index (κ2) is 15.0. The predicted molar refractivity (Wildman–Crippen MR) is 150 cm³/mol. The molecule has 3 aromatic rings. The smallest absolute Gasteiger partial charge is 0.416 e. The molecule has 0 spiro atoms. The lowest BCUT2D eigenvalue weighted by atomic mass is 9.94. The molecule has 0 saturated heterocycles. The summed E-state index contributed by atoms with van der Waals surface area (Å²) in [7, 11) is 0. The maximum atomic E-state index is 13.3. The summed E-state index contributed by atoms with van der Waals surface area (Å²) in [6, 6.07) is 15.9. The molecule has 0 bridgehead atoms. The minimum atomic E-state index is -4.42. The maximum absolute atomic E-state index is 13.3. The summed E-state index contributed by atoms with van der Waals surface area (Å²) in [5.74, 6) is 0.462. The predicted octanol–water partition coefficient (Wildman–Crippen LogP) is 3.99. The number of nitrogens with zero attached hydrogens (tertiary/aromatic N) is 1. The van der Waals surface area contributed by atoms with E-state index in [9.17, 15) is 18.0 Å². The van der Waals surface area contributed by atoms with Crippen LogP contribution in [0.5, 0.6) is 11.5 Å². The minimum Gasteiger partial charge on any atom is -1.00 e. The second-order valence-corrected chi connectivity index (χ2v) is 9.83. The molecule has 2 N–H and O–H groups in total. The van der Waals surface area contributed by atoms with E-state index in [4.69, 9.17) is 38.4 Å². The van der Waals surface area contributed by atoms with E-state index in [1.807, 2.05) is 12.1 Å². The molecule has 40 heavy (non-hydrogen) atoms. The fraction of sp³-hybridized carbons (Fsp3) is 0.321. The lowest BCUT2D eigenvalue weighted by Crippen LogP contribution is -3.00. The van der Waals surface area contributed by atoms with Gasteiger partial charge in [-0.2, -0.15) is 13.2 Å². The molecule has 1 aliphatic heterocycles. The monoisotopic (exact) mass is 637 g/mol. The van der Waals surface area contributed by atoms with E-state index in [1.54, 1.807) is 35.2 Å². The van der Waals surface area contributed by atoms with Gasteiger partial charge in [-0.25, -0.2) is 0 Å². The van der Waals surface area contributed by atoms with Gasteiger partial charge in [-0.1, -0.05) is 35.3 Å². The number of rotatable bonds is 9. The number of carbonyl (C=O) groups is 1. The first kappa shape index (κ1) is 33.8. The molecule has 0 fully saturated rings. The third-order valence-corrected chi connectivity index (χ3v) is 6.86. The Labute approximate surface area is 253 Å². The summed E-state index contributed by atoms with van der Waals surface area (Å²) in [5, 5.41) is 0.947. The Bertz CT molecular complexity index is 1280. The molecule has 218 valence electrons. The quantitative estimate of drug-likeness (QED) is 0.360. The number of benzene rings is 3. The topological polar surface area (TPSA) is 64.8 Å². The van der Waals surface area contributed by atoms with Crippen molar-refractivity contribution in [1.82, 2.24) is 0 Å². The fourth-order valence-electron chi connectivity index (χ4n) is 4.40. The highest BCUT2D eigenvalue weighted by molar-refractivity contribution is 6.35. The van der Waals surface area contributed by atoms with Crippen LogP contribution in [0.25, 0.3) is 0 Å². The molecule has 0 aromatic heterocycles. The van der Waals surface area contributed by atoms with Crippen LogP contribution < -0.4 is 32.5 Å². The number of anilines is 1. The number of hydrogen-bond acceptors (Lipinski definition) is 4. The summed E-state index contributed by atoms with van der Waals surface area (Å²) in [6.07, 6.45) is -2.93. The van der Waals surface area contributed by atoms with Crippen molar-refractivity contribution < 1.29 is 39.8 Å². The van der Waals surface area contributed by atoms with Crippen LogP contribution in [0.3, 0.4) is 0 Å². The Morgan fingerprint density at radius 3 is 2.35 bits per heavy atom. The molecule has 1 aliphatic rings. The number of ether oxygens (including phenoxy) is 2. The van der Waals surface area contributed by atoms with E-state index in [0.717, 1.165) is 17.7 Å². The zero-order chi connectivity index (χ0) is 27.3. The number of nitrogens with two attached hydrogens (primary N) is 1. The first-order valence-corrected chi connectivity index (χ1v) is 12.9. The standard InChI is InChI=1S/C28H27Cl2F3N2O3.2ClH/c29-22-6-10-26(24(30)16-22)38-13-12-37-23-7-3-18(4-8-23)14-20(17-34)27(36)35-11-1-2-19-15-21(28(31,32)33)5-9-25(19)35;;/h3-10,15-16,20H,1-2,11-14,17,34H2;2*1H/p-1. The van der Waals surface area contributed by atoms with Gasteiger partial charge in [0.15, 0.2) is 0 Å². The third kappa shape index (κ3) is 8.57. The largest absolute Gasteiger partial charge is 1.00 e. The van der Waals surface area contributed by atoms with Gasteiger partial charge in [-0.05, 0) is 78.9 Å². The number of hydrogen-bond donors (Lipinski definition) is 1. The average molecular weight is 639 g/mol. The fourth-order valence-corrected chi connectivity index (χ4v) is 4.87. The molecule has 1 amide bonds. The lowest BCUT2D eigenvalue weighted by Gasteiger charge is -2.32. The van der Waals surface area contributed by atoms with Crippen molar-refractivity contribution in [1.29, 1.82) is 0 Å². The summed E-state index contributed by atoms with van der Waals surface area (Å²) in [5.41, 5.74) is 7.20. The van der Waals surface area contributed by atoms with E-state index in [1.165, 1.54) is 6.07 Å². The Hall–Kier alpha value is -2.36. The molecular weight excluding hydrogens is 611 g/mol. The van der Waals surface area contributed by atoms with Crippen LogP contribution >= 0.6 is 35.6 Å². The van der Waals surface area contributed by atoms with Gasteiger partial charge in [-0.15, -0.1) is 12.4 Å². The molecule has 4 rings (SSSR count). The van der Waals surface area contributed by atoms with Crippen LogP contribution in [0, 0.1) is 5.92 Å². The first-order valence-electron chi connectivity index (χ1n) is 12.2. The van der Waals surface area contributed by atoms with Gasteiger partial charge < -0.3 is 32.5 Å². The zero-order valence-electron chi connectivity index (χ0n) is 21.2. The Kier molecular flexibility index (Phi) is 12.7. The van der Waals surface area contributed by atoms with E-state index < -0.39 is 17.7 Å². The average Bonchev–Trinajstić information content (AvgIpc) is 2.90. The number of amides is 1. The van der Waals surface area contributed by atoms with Gasteiger partial charge in [0.25, 0.3) is 0 Å². The van der Waals surface area contributed by atoms with Gasteiger partial charge in [0.1, 0.15) is 24.7 Å². The van der Waals surface area contributed by atoms with Gasteiger partial charge >= 0.3 is 6.18 Å². The van der Waals surface area contributed by atoms with E-state index >= 15 is 0 Å². The van der Waals surface area contributed by atoms with Crippen molar-refractivity contribution in [3.63, 3.8) is 0 Å². The number of fused-ring (bicyclic) bond motifs is 1. The lowest BCUT2D eigenvalue weighted by molar-refractivity contribution is -0.137. The van der Waals surface area contributed by atoms with Crippen molar-refractivity contribution >= 4 is 47.2 Å². The highest BCUT2D eigenvalue weighted by Crippen LogP contribution is 2.36. The third-order valence-electron chi connectivity index (χ3n) is 6.33. The van der Waals surface area contributed by atoms with Crippen LogP contribution in [0.15, 0.2) is 60.7 Å². The highest BCUT2D eigenvalue weighted by Gasteiger charge is 2.33. The molecule has 1 unspecified atom stereocenters. The molecule has 1 atom stereocenters. The van der Waals surface area contributed by atoms with Gasteiger partial charge in [0, 0.05) is 23.8 Å². The summed E-state index contributed by atoms with van der Waals surface area (Å²) in [6.45, 7) is 1.15. The SMILES string of the molecule is Cl.NCC(Cc1ccc(OCCOc2ccc(Cl)cc2Cl)cc1)C(=O)N1CCCc2cc(C(F)(F)F)ccc21.[Cl-]. The van der Waals surface area contributed by atoms with Crippen LogP contribution in [0.4, 0.5) is 18.9 Å². The normalized spacial score (nSPS) is 13.4. The van der Waals surface area contributed by atoms with Crippen molar-refractivity contribution in [2.24, 2.45) is 11.7 Å².